The first kappa shape index (κ1) is 26.0. The lowest BCUT2D eigenvalue weighted by atomic mass is 9.79. The molecule has 1 atom stereocenters. The Hall–Kier alpha value is -1.63. The van der Waals surface area contributed by atoms with Crippen LogP contribution in [0, 0.1) is 5.92 Å². The average molecular weight is 455 g/mol. The number of carbonyl (C=O) groups is 1. The average Bonchev–Trinajstić information content (AvgIpc) is 2.95. The van der Waals surface area contributed by atoms with Crippen LogP contribution in [-0.2, 0) is 18.8 Å². The maximum absolute atomic E-state index is 12.8. The summed E-state index contributed by atoms with van der Waals surface area (Å²) in [6.45, 7) is 14.7. The summed E-state index contributed by atoms with van der Waals surface area (Å²) < 4.78 is 18.0. The molecule has 0 spiro atoms. The van der Waals surface area contributed by atoms with Crippen LogP contribution >= 0.6 is 0 Å². The van der Waals surface area contributed by atoms with E-state index < -0.39 is 5.60 Å². The number of nitrogens with one attached hydrogen (secondary N) is 1. The van der Waals surface area contributed by atoms with Crippen LogP contribution in [0.3, 0.4) is 0 Å². The Morgan fingerprint density at radius 2 is 1.67 bits per heavy atom. The van der Waals surface area contributed by atoms with Crippen molar-refractivity contribution in [1.29, 1.82) is 0 Å². The first-order valence-electron chi connectivity index (χ1n) is 12.5. The quantitative estimate of drug-likeness (QED) is 0.469. The fourth-order valence-corrected chi connectivity index (χ4v) is 4.41. The van der Waals surface area contributed by atoms with E-state index in [1.807, 2.05) is 20.8 Å². The summed E-state index contributed by atoms with van der Waals surface area (Å²) in [5, 5.41) is 3.45. The third kappa shape index (κ3) is 6.94. The summed E-state index contributed by atoms with van der Waals surface area (Å²) >= 11 is 0. The number of esters is 1. The molecule has 2 fully saturated rings. The van der Waals surface area contributed by atoms with Crippen molar-refractivity contribution in [2.45, 2.75) is 103 Å². The van der Waals surface area contributed by atoms with Crippen molar-refractivity contribution in [2.75, 3.05) is 6.54 Å². The lowest BCUT2D eigenvalue weighted by Crippen LogP contribution is -2.46. The minimum absolute atomic E-state index is 0.130. The monoisotopic (exact) mass is 455 g/mol. The van der Waals surface area contributed by atoms with Gasteiger partial charge in [0.05, 0.1) is 11.2 Å². The fraction of sp³-hybridized carbons (Fsp3) is 0.667. The fourth-order valence-electron chi connectivity index (χ4n) is 4.41. The molecule has 1 N–H and O–H groups in total. The number of carbonyl (C=O) groups excluding carboxylic acids is 1. The second kappa shape index (κ2) is 10.3. The van der Waals surface area contributed by atoms with Crippen LogP contribution in [0.2, 0.25) is 0 Å². The molecule has 1 aromatic carbocycles. The molecule has 0 bridgehead atoms. The number of hydrogen-bond donors (Lipinski definition) is 1. The Balaban J connectivity index is 1.57. The molecule has 1 aromatic rings. The van der Waals surface area contributed by atoms with Gasteiger partial charge in [0, 0.05) is 6.54 Å². The standard InChI is InChI=1S/C27H42BNO4/c1-25(2,3)31-24(30)23(21-13-9-8-10-14-21)29-19-11-12-20-15-17-22(18-16-20)28-32-26(4,5)27(6,7)33-28/h11-12,15-18,21,23,29H,8-10,13-14,19H2,1-7H3/b12-11+. The van der Waals surface area contributed by atoms with Crippen molar-refractivity contribution in [1.82, 2.24) is 5.32 Å². The highest BCUT2D eigenvalue weighted by atomic mass is 16.7. The van der Waals surface area contributed by atoms with Gasteiger partial charge in [-0.2, -0.15) is 0 Å². The summed E-state index contributed by atoms with van der Waals surface area (Å²) in [6, 6.07) is 8.01. The van der Waals surface area contributed by atoms with Gasteiger partial charge in [-0.25, -0.2) is 0 Å². The van der Waals surface area contributed by atoms with Gasteiger partial charge in [-0.3, -0.25) is 4.79 Å². The van der Waals surface area contributed by atoms with Crippen LogP contribution in [0.25, 0.3) is 6.08 Å². The van der Waals surface area contributed by atoms with Gasteiger partial charge in [0.15, 0.2) is 0 Å². The van der Waals surface area contributed by atoms with Crippen molar-refractivity contribution in [3.63, 3.8) is 0 Å². The molecular weight excluding hydrogens is 413 g/mol. The van der Waals surface area contributed by atoms with E-state index in [0.717, 1.165) is 23.9 Å². The Morgan fingerprint density at radius 3 is 2.21 bits per heavy atom. The predicted octanol–water partition coefficient (Wildman–Crippen LogP) is 4.88. The second-order valence-electron chi connectivity index (χ2n) is 11.5. The maximum Gasteiger partial charge on any atom is 0.494 e. The van der Waals surface area contributed by atoms with E-state index in [-0.39, 0.29) is 30.3 Å². The lowest BCUT2D eigenvalue weighted by Gasteiger charge is -2.32. The summed E-state index contributed by atoms with van der Waals surface area (Å²) in [5.74, 6) is 0.218. The maximum atomic E-state index is 12.8. The molecule has 1 aliphatic carbocycles. The molecule has 182 valence electrons. The summed E-state index contributed by atoms with van der Waals surface area (Å²) in [6.07, 6.45) is 9.96. The van der Waals surface area contributed by atoms with E-state index >= 15 is 0 Å². The van der Waals surface area contributed by atoms with Crippen LogP contribution in [0.1, 0.15) is 86.1 Å². The molecule has 1 unspecified atom stereocenters. The van der Waals surface area contributed by atoms with E-state index in [1.165, 1.54) is 19.3 Å². The van der Waals surface area contributed by atoms with Crippen molar-refractivity contribution in [3.05, 3.63) is 35.9 Å². The normalized spacial score (nSPS) is 22.0. The molecule has 33 heavy (non-hydrogen) atoms. The van der Waals surface area contributed by atoms with Gasteiger partial charge in [-0.15, -0.1) is 0 Å². The number of benzene rings is 1. The van der Waals surface area contributed by atoms with Gasteiger partial charge in [0.2, 0.25) is 0 Å². The van der Waals surface area contributed by atoms with Crippen LogP contribution in [0.5, 0.6) is 0 Å². The minimum atomic E-state index is -0.472. The highest BCUT2D eigenvalue weighted by Crippen LogP contribution is 2.36. The smallest absolute Gasteiger partial charge is 0.459 e. The van der Waals surface area contributed by atoms with E-state index in [4.69, 9.17) is 14.0 Å². The zero-order valence-corrected chi connectivity index (χ0v) is 21.6. The van der Waals surface area contributed by atoms with E-state index in [2.05, 4.69) is 69.4 Å². The minimum Gasteiger partial charge on any atom is -0.459 e. The predicted molar refractivity (Wildman–Crippen MR) is 135 cm³/mol. The van der Waals surface area contributed by atoms with Crippen molar-refractivity contribution in [2.24, 2.45) is 5.92 Å². The summed E-state index contributed by atoms with van der Waals surface area (Å²) in [5.41, 5.74) is 0.964. The van der Waals surface area contributed by atoms with E-state index in [1.54, 1.807) is 0 Å². The summed E-state index contributed by atoms with van der Waals surface area (Å²) in [4.78, 5) is 12.8. The number of rotatable bonds is 7. The lowest BCUT2D eigenvalue weighted by molar-refractivity contribution is -0.159. The zero-order chi connectivity index (χ0) is 24.3. The van der Waals surface area contributed by atoms with Gasteiger partial charge >= 0.3 is 13.1 Å². The van der Waals surface area contributed by atoms with Gasteiger partial charge in [0.25, 0.3) is 0 Å². The second-order valence-corrected chi connectivity index (χ2v) is 11.5. The molecule has 0 amide bonds. The zero-order valence-electron chi connectivity index (χ0n) is 21.6. The van der Waals surface area contributed by atoms with Gasteiger partial charge < -0.3 is 19.4 Å². The Bertz CT molecular complexity index is 804. The number of hydrogen-bond acceptors (Lipinski definition) is 5. The van der Waals surface area contributed by atoms with Gasteiger partial charge in [0.1, 0.15) is 11.6 Å². The third-order valence-corrected chi connectivity index (χ3v) is 7.01. The van der Waals surface area contributed by atoms with Crippen LogP contribution in [-0.4, -0.2) is 42.5 Å². The molecule has 1 aliphatic heterocycles. The highest BCUT2D eigenvalue weighted by molar-refractivity contribution is 6.62. The van der Waals surface area contributed by atoms with E-state index in [0.29, 0.717) is 12.5 Å². The third-order valence-electron chi connectivity index (χ3n) is 7.01. The molecule has 1 saturated heterocycles. The molecule has 0 radical (unpaired) electrons. The largest absolute Gasteiger partial charge is 0.494 e. The van der Waals surface area contributed by atoms with Gasteiger partial charge in [-0.1, -0.05) is 55.7 Å². The topological polar surface area (TPSA) is 56.8 Å². The van der Waals surface area contributed by atoms with Crippen molar-refractivity contribution >= 4 is 24.6 Å². The molecule has 0 aromatic heterocycles. The first-order chi connectivity index (χ1) is 15.4. The van der Waals surface area contributed by atoms with Crippen LogP contribution in [0.15, 0.2) is 30.3 Å². The van der Waals surface area contributed by atoms with Crippen molar-refractivity contribution < 1.29 is 18.8 Å². The summed E-state index contributed by atoms with van der Waals surface area (Å²) in [7, 11) is -0.347. The van der Waals surface area contributed by atoms with E-state index in [9.17, 15) is 4.79 Å². The molecule has 1 saturated carbocycles. The first-order valence-corrected chi connectivity index (χ1v) is 12.5. The van der Waals surface area contributed by atoms with Crippen LogP contribution < -0.4 is 10.8 Å². The molecule has 6 heteroatoms. The van der Waals surface area contributed by atoms with Crippen molar-refractivity contribution in [3.8, 4) is 0 Å². The SMILES string of the molecule is CC(C)(C)OC(=O)C(NC/C=C/c1ccc(B2OC(C)(C)C(C)(C)O2)cc1)C1CCCCC1. The van der Waals surface area contributed by atoms with Crippen LogP contribution in [0.4, 0.5) is 0 Å². The molecule has 5 nitrogen and oxygen atoms in total. The molecule has 2 aliphatic rings. The Kier molecular flexibility index (Phi) is 8.13. The molecular formula is C27H42BNO4. The highest BCUT2D eigenvalue weighted by Gasteiger charge is 2.51. The molecule has 3 rings (SSSR count). The molecule has 1 heterocycles. The Morgan fingerprint density at radius 1 is 1.09 bits per heavy atom. The van der Waals surface area contributed by atoms with Gasteiger partial charge in [-0.05, 0) is 78.3 Å². The Labute approximate surface area is 200 Å². The number of ether oxygens (including phenoxy) is 1.